The number of carbonyl (C=O) groups is 1. The van der Waals surface area contributed by atoms with E-state index in [2.05, 4.69) is 0 Å². The van der Waals surface area contributed by atoms with Gasteiger partial charge >= 0.3 is 6.18 Å². The highest BCUT2D eigenvalue weighted by atomic mass is 19.4. The van der Waals surface area contributed by atoms with E-state index in [0.717, 1.165) is 4.90 Å². The third-order valence-corrected chi connectivity index (χ3v) is 1.64. The number of likely N-dealkylation sites (N-methyl/N-ethyl adjacent to an activating group) is 1. The number of nitrogens with zero attached hydrogens (tertiary/aromatic N) is 1. The SMILES string of the molecule is CCN(CC(F)(F)F)C(=O)COC(C)C. The number of amides is 1. The Balaban J connectivity index is 4.11. The summed E-state index contributed by atoms with van der Waals surface area (Å²) < 4.78 is 41.0. The van der Waals surface area contributed by atoms with E-state index in [-0.39, 0.29) is 19.3 Å². The Bertz CT molecular complexity index is 204. The zero-order chi connectivity index (χ0) is 12.1. The van der Waals surface area contributed by atoms with Crippen molar-refractivity contribution in [3.05, 3.63) is 0 Å². The van der Waals surface area contributed by atoms with Crippen LogP contribution in [0.5, 0.6) is 0 Å². The van der Waals surface area contributed by atoms with Gasteiger partial charge in [0.15, 0.2) is 0 Å². The molecule has 0 aliphatic carbocycles. The van der Waals surface area contributed by atoms with E-state index < -0.39 is 18.6 Å². The molecule has 90 valence electrons. The second kappa shape index (κ2) is 5.95. The predicted molar refractivity (Wildman–Crippen MR) is 49.4 cm³/mol. The fraction of sp³-hybridized carbons (Fsp3) is 0.889. The molecule has 0 spiro atoms. The molecule has 0 radical (unpaired) electrons. The molecule has 0 bridgehead atoms. The van der Waals surface area contributed by atoms with Crippen LogP contribution in [-0.2, 0) is 9.53 Å². The van der Waals surface area contributed by atoms with Crippen LogP contribution in [-0.4, -0.2) is 42.8 Å². The number of hydrogen-bond donors (Lipinski definition) is 0. The van der Waals surface area contributed by atoms with Crippen LogP contribution in [0.4, 0.5) is 13.2 Å². The molecule has 15 heavy (non-hydrogen) atoms. The standard InChI is InChI=1S/C9H16F3NO2/c1-4-13(6-9(10,11)12)8(14)5-15-7(2)3/h7H,4-6H2,1-3H3. The van der Waals surface area contributed by atoms with Crippen LogP contribution in [0.3, 0.4) is 0 Å². The highest BCUT2D eigenvalue weighted by molar-refractivity contribution is 5.77. The van der Waals surface area contributed by atoms with Crippen molar-refractivity contribution in [2.75, 3.05) is 19.7 Å². The molecule has 0 atom stereocenters. The van der Waals surface area contributed by atoms with Crippen LogP contribution in [0.2, 0.25) is 0 Å². The van der Waals surface area contributed by atoms with Crippen molar-refractivity contribution in [2.45, 2.75) is 33.1 Å². The van der Waals surface area contributed by atoms with E-state index >= 15 is 0 Å². The molecule has 3 nitrogen and oxygen atoms in total. The lowest BCUT2D eigenvalue weighted by Gasteiger charge is -2.22. The number of carbonyl (C=O) groups excluding carboxylic acids is 1. The van der Waals surface area contributed by atoms with Gasteiger partial charge in [0, 0.05) is 6.54 Å². The molecule has 0 aliphatic rings. The zero-order valence-electron chi connectivity index (χ0n) is 9.10. The Hall–Kier alpha value is -0.780. The van der Waals surface area contributed by atoms with Gasteiger partial charge < -0.3 is 9.64 Å². The molecule has 0 aromatic carbocycles. The molecule has 1 amide bonds. The van der Waals surface area contributed by atoms with Gasteiger partial charge in [0.2, 0.25) is 5.91 Å². The third-order valence-electron chi connectivity index (χ3n) is 1.64. The van der Waals surface area contributed by atoms with Crippen molar-refractivity contribution in [2.24, 2.45) is 0 Å². The fourth-order valence-electron chi connectivity index (χ4n) is 0.922. The first-order chi connectivity index (χ1) is 6.76. The van der Waals surface area contributed by atoms with Gasteiger partial charge in [-0.2, -0.15) is 13.2 Å². The highest BCUT2D eigenvalue weighted by Gasteiger charge is 2.32. The molecular weight excluding hydrogens is 211 g/mol. The van der Waals surface area contributed by atoms with Gasteiger partial charge in [0.05, 0.1) is 6.10 Å². The van der Waals surface area contributed by atoms with Gasteiger partial charge in [0.1, 0.15) is 13.2 Å². The number of hydrogen-bond acceptors (Lipinski definition) is 2. The maximum atomic E-state index is 12.0. The van der Waals surface area contributed by atoms with Crippen LogP contribution in [0.15, 0.2) is 0 Å². The molecule has 0 saturated carbocycles. The van der Waals surface area contributed by atoms with Gasteiger partial charge in [-0.25, -0.2) is 0 Å². The summed E-state index contributed by atoms with van der Waals surface area (Å²) in [4.78, 5) is 12.0. The third kappa shape index (κ3) is 7.18. The van der Waals surface area contributed by atoms with E-state index in [0.29, 0.717) is 0 Å². The minimum absolute atomic E-state index is 0.0276. The van der Waals surface area contributed by atoms with Crippen molar-refractivity contribution < 1.29 is 22.7 Å². The summed E-state index contributed by atoms with van der Waals surface area (Å²) in [6.07, 6.45) is -4.53. The van der Waals surface area contributed by atoms with Crippen molar-refractivity contribution in [1.82, 2.24) is 4.90 Å². The Labute approximate surface area is 87.2 Å². The Kier molecular flexibility index (Phi) is 5.64. The zero-order valence-corrected chi connectivity index (χ0v) is 9.10. The number of halogens is 3. The van der Waals surface area contributed by atoms with Crippen molar-refractivity contribution in [1.29, 1.82) is 0 Å². The molecule has 0 N–H and O–H groups in total. The Morgan fingerprint density at radius 1 is 1.40 bits per heavy atom. The van der Waals surface area contributed by atoms with E-state index in [9.17, 15) is 18.0 Å². The largest absolute Gasteiger partial charge is 0.406 e. The summed E-state index contributed by atoms with van der Waals surface area (Å²) in [6, 6.07) is 0. The predicted octanol–water partition coefficient (Wildman–Crippen LogP) is 1.82. The van der Waals surface area contributed by atoms with Crippen molar-refractivity contribution in [3.63, 3.8) is 0 Å². The lowest BCUT2D eigenvalue weighted by Crippen LogP contribution is -2.41. The van der Waals surface area contributed by atoms with Gasteiger partial charge in [-0.05, 0) is 20.8 Å². The molecular formula is C9H16F3NO2. The monoisotopic (exact) mass is 227 g/mol. The summed E-state index contributed by atoms with van der Waals surface area (Å²) in [6.45, 7) is 3.44. The van der Waals surface area contributed by atoms with Crippen molar-refractivity contribution in [3.8, 4) is 0 Å². The molecule has 0 fully saturated rings. The first-order valence-electron chi connectivity index (χ1n) is 4.72. The first-order valence-corrected chi connectivity index (χ1v) is 4.72. The topological polar surface area (TPSA) is 29.5 Å². The quantitative estimate of drug-likeness (QED) is 0.717. The lowest BCUT2D eigenvalue weighted by atomic mass is 10.4. The van der Waals surface area contributed by atoms with Gasteiger partial charge in [-0.1, -0.05) is 0 Å². The van der Waals surface area contributed by atoms with E-state index in [4.69, 9.17) is 4.74 Å². The second-order valence-electron chi connectivity index (χ2n) is 3.38. The highest BCUT2D eigenvalue weighted by Crippen LogP contribution is 2.16. The Morgan fingerprint density at radius 3 is 2.27 bits per heavy atom. The maximum absolute atomic E-state index is 12.0. The fourth-order valence-corrected chi connectivity index (χ4v) is 0.922. The van der Waals surface area contributed by atoms with Crippen LogP contribution in [0.25, 0.3) is 0 Å². The average Bonchev–Trinajstić information content (AvgIpc) is 2.08. The molecule has 0 saturated heterocycles. The van der Waals surface area contributed by atoms with Gasteiger partial charge in [-0.15, -0.1) is 0 Å². The molecule has 0 aromatic rings. The number of ether oxygens (including phenoxy) is 1. The van der Waals surface area contributed by atoms with Crippen LogP contribution >= 0.6 is 0 Å². The van der Waals surface area contributed by atoms with Crippen LogP contribution in [0, 0.1) is 0 Å². The lowest BCUT2D eigenvalue weighted by molar-refractivity contribution is -0.164. The number of alkyl halides is 3. The van der Waals surface area contributed by atoms with Gasteiger partial charge in [-0.3, -0.25) is 4.79 Å². The molecule has 0 unspecified atom stereocenters. The van der Waals surface area contributed by atoms with Crippen LogP contribution < -0.4 is 0 Å². The second-order valence-corrected chi connectivity index (χ2v) is 3.38. The molecule has 0 rings (SSSR count). The minimum atomic E-state index is -4.36. The first kappa shape index (κ1) is 14.2. The summed E-state index contributed by atoms with van der Waals surface area (Å²) >= 11 is 0. The average molecular weight is 227 g/mol. The summed E-state index contributed by atoms with van der Waals surface area (Å²) in [5, 5.41) is 0. The van der Waals surface area contributed by atoms with Crippen LogP contribution in [0.1, 0.15) is 20.8 Å². The van der Waals surface area contributed by atoms with Gasteiger partial charge in [0.25, 0.3) is 0 Å². The van der Waals surface area contributed by atoms with Crippen molar-refractivity contribution >= 4 is 5.91 Å². The molecule has 0 heterocycles. The van der Waals surface area contributed by atoms with E-state index in [1.54, 1.807) is 13.8 Å². The normalized spacial score (nSPS) is 11.9. The molecule has 0 aromatic heterocycles. The minimum Gasteiger partial charge on any atom is -0.369 e. The smallest absolute Gasteiger partial charge is 0.369 e. The summed E-state index contributed by atoms with van der Waals surface area (Å²) in [7, 11) is 0. The van der Waals surface area contributed by atoms with E-state index in [1.807, 2.05) is 0 Å². The Morgan fingerprint density at radius 2 is 1.93 bits per heavy atom. The molecule has 6 heteroatoms. The summed E-state index contributed by atoms with van der Waals surface area (Å²) in [5.41, 5.74) is 0. The number of rotatable bonds is 5. The summed E-state index contributed by atoms with van der Waals surface area (Å²) in [5.74, 6) is -0.636. The van der Waals surface area contributed by atoms with E-state index in [1.165, 1.54) is 6.92 Å². The maximum Gasteiger partial charge on any atom is 0.406 e. The molecule has 0 aliphatic heterocycles.